The predicted octanol–water partition coefficient (Wildman–Crippen LogP) is 3.98. The van der Waals surface area contributed by atoms with Gasteiger partial charge in [-0.2, -0.15) is 5.10 Å². The zero-order valence-electron chi connectivity index (χ0n) is 16.4. The zero-order valence-corrected chi connectivity index (χ0v) is 16.4. The van der Waals surface area contributed by atoms with Gasteiger partial charge >= 0.3 is 0 Å². The molecule has 2 heterocycles. The molecule has 0 bridgehead atoms. The summed E-state index contributed by atoms with van der Waals surface area (Å²) in [5.41, 5.74) is 4.78. The van der Waals surface area contributed by atoms with Crippen LogP contribution >= 0.6 is 0 Å². The zero-order chi connectivity index (χ0) is 18.6. The number of likely N-dealkylation sites (N-methyl/N-ethyl adjacent to an activating group) is 1. The Hall–Kier alpha value is -2.40. The number of benzene rings is 1. The van der Waals surface area contributed by atoms with E-state index >= 15 is 0 Å². The van der Waals surface area contributed by atoms with Gasteiger partial charge in [0.15, 0.2) is 0 Å². The summed E-state index contributed by atoms with van der Waals surface area (Å²) in [5, 5.41) is 4.63. The van der Waals surface area contributed by atoms with Crippen molar-refractivity contribution in [3.63, 3.8) is 0 Å². The van der Waals surface area contributed by atoms with Crippen LogP contribution in [0.4, 0.5) is 0 Å². The van der Waals surface area contributed by atoms with E-state index in [1.54, 1.807) is 0 Å². The van der Waals surface area contributed by atoms with Crippen LogP contribution in [-0.4, -0.2) is 43.9 Å². The molecule has 0 spiro atoms. The van der Waals surface area contributed by atoms with Crippen molar-refractivity contribution in [2.75, 3.05) is 13.6 Å². The lowest BCUT2D eigenvalue weighted by Gasteiger charge is -2.24. The average Bonchev–Trinajstić information content (AvgIpc) is 3.43. The summed E-state index contributed by atoms with van der Waals surface area (Å²) in [5.74, 6) is 0. The van der Waals surface area contributed by atoms with Crippen molar-refractivity contribution in [2.45, 2.75) is 51.7 Å². The average molecular weight is 364 g/mol. The van der Waals surface area contributed by atoms with Crippen molar-refractivity contribution in [3.05, 3.63) is 60.3 Å². The summed E-state index contributed by atoms with van der Waals surface area (Å²) in [4.78, 5) is 6.93. The van der Waals surface area contributed by atoms with Gasteiger partial charge in [-0.3, -0.25) is 4.68 Å². The van der Waals surface area contributed by atoms with Gasteiger partial charge in [-0.15, -0.1) is 0 Å². The van der Waals surface area contributed by atoms with E-state index in [0.717, 1.165) is 31.4 Å². The topological polar surface area (TPSA) is 38.9 Å². The molecular formula is C22H29N5. The molecule has 0 radical (unpaired) electrons. The van der Waals surface area contributed by atoms with Gasteiger partial charge < -0.3 is 9.47 Å². The van der Waals surface area contributed by atoms with Crippen LogP contribution in [0.5, 0.6) is 0 Å². The van der Waals surface area contributed by atoms with Crippen molar-refractivity contribution < 1.29 is 0 Å². The summed E-state index contributed by atoms with van der Waals surface area (Å²) in [7, 11) is 2.26. The SMILES string of the molecule is Cc1c(-c2cncn2CCN(C)C2CCCC2)cnn1Cc1ccccc1. The number of rotatable bonds is 7. The Bertz CT molecular complexity index is 858. The number of aromatic nitrogens is 4. The lowest BCUT2D eigenvalue weighted by atomic mass is 10.2. The largest absolute Gasteiger partial charge is 0.329 e. The first kappa shape index (κ1) is 18.0. The second kappa shape index (κ2) is 8.09. The van der Waals surface area contributed by atoms with Gasteiger partial charge in [0.2, 0.25) is 0 Å². The van der Waals surface area contributed by atoms with Gasteiger partial charge in [0.05, 0.1) is 31.0 Å². The Kier molecular flexibility index (Phi) is 5.39. The second-order valence-electron chi connectivity index (χ2n) is 7.68. The van der Waals surface area contributed by atoms with Gasteiger partial charge in [-0.1, -0.05) is 43.2 Å². The van der Waals surface area contributed by atoms with Gasteiger partial charge in [0.25, 0.3) is 0 Å². The molecule has 1 aliphatic carbocycles. The lowest BCUT2D eigenvalue weighted by molar-refractivity contribution is 0.237. The normalized spacial score (nSPS) is 15.1. The molecule has 2 aromatic heterocycles. The molecule has 0 amide bonds. The molecule has 1 aromatic carbocycles. The number of hydrogen-bond donors (Lipinski definition) is 0. The Labute approximate surface area is 161 Å². The molecule has 0 saturated heterocycles. The highest BCUT2D eigenvalue weighted by molar-refractivity contribution is 5.60. The van der Waals surface area contributed by atoms with Crippen LogP contribution in [0, 0.1) is 6.92 Å². The third-order valence-corrected chi connectivity index (χ3v) is 5.91. The summed E-state index contributed by atoms with van der Waals surface area (Å²) in [6, 6.07) is 11.2. The maximum atomic E-state index is 4.63. The maximum absolute atomic E-state index is 4.63. The fourth-order valence-electron chi connectivity index (χ4n) is 4.13. The molecule has 5 nitrogen and oxygen atoms in total. The monoisotopic (exact) mass is 363 g/mol. The smallest absolute Gasteiger partial charge is 0.0951 e. The molecule has 142 valence electrons. The van der Waals surface area contributed by atoms with Crippen LogP contribution < -0.4 is 0 Å². The minimum Gasteiger partial charge on any atom is -0.329 e. The predicted molar refractivity (Wildman–Crippen MR) is 109 cm³/mol. The van der Waals surface area contributed by atoms with E-state index in [4.69, 9.17) is 0 Å². The van der Waals surface area contributed by atoms with Crippen LogP contribution in [-0.2, 0) is 13.1 Å². The molecule has 1 aliphatic rings. The molecule has 27 heavy (non-hydrogen) atoms. The van der Waals surface area contributed by atoms with Crippen molar-refractivity contribution >= 4 is 0 Å². The summed E-state index contributed by atoms with van der Waals surface area (Å²) >= 11 is 0. The summed E-state index contributed by atoms with van der Waals surface area (Å²) in [6.45, 7) is 4.97. The Morgan fingerprint density at radius 1 is 1.11 bits per heavy atom. The Balaban J connectivity index is 1.47. The first-order chi connectivity index (χ1) is 13.2. The maximum Gasteiger partial charge on any atom is 0.0951 e. The van der Waals surface area contributed by atoms with Gasteiger partial charge in [-0.05, 0) is 32.4 Å². The first-order valence-corrected chi connectivity index (χ1v) is 9.99. The lowest BCUT2D eigenvalue weighted by Crippen LogP contribution is -2.32. The van der Waals surface area contributed by atoms with Crippen molar-refractivity contribution in [1.29, 1.82) is 0 Å². The summed E-state index contributed by atoms with van der Waals surface area (Å²) in [6.07, 6.45) is 11.3. The molecule has 0 aliphatic heterocycles. The van der Waals surface area contributed by atoms with Crippen LogP contribution in [0.1, 0.15) is 36.9 Å². The first-order valence-electron chi connectivity index (χ1n) is 9.99. The highest BCUT2D eigenvalue weighted by Crippen LogP contribution is 2.25. The van der Waals surface area contributed by atoms with Crippen molar-refractivity contribution in [1.82, 2.24) is 24.2 Å². The number of hydrogen-bond acceptors (Lipinski definition) is 3. The molecular weight excluding hydrogens is 334 g/mol. The quantitative estimate of drug-likeness (QED) is 0.637. The van der Waals surface area contributed by atoms with Gasteiger partial charge in [0, 0.05) is 30.4 Å². The fourth-order valence-corrected chi connectivity index (χ4v) is 4.13. The third kappa shape index (κ3) is 3.98. The summed E-state index contributed by atoms with van der Waals surface area (Å²) < 4.78 is 4.34. The van der Waals surface area contributed by atoms with Gasteiger partial charge in [0.1, 0.15) is 0 Å². The van der Waals surface area contributed by atoms with Gasteiger partial charge in [-0.25, -0.2) is 4.98 Å². The van der Waals surface area contributed by atoms with E-state index in [9.17, 15) is 0 Å². The molecule has 3 aromatic rings. The molecule has 5 heteroatoms. The molecule has 0 N–H and O–H groups in total. The van der Waals surface area contributed by atoms with E-state index in [-0.39, 0.29) is 0 Å². The fraction of sp³-hybridized carbons (Fsp3) is 0.455. The van der Waals surface area contributed by atoms with E-state index in [1.165, 1.54) is 42.5 Å². The minimum absolute atomic E-state index is 0.757. The highest BCUT2D eigenvalue weighted by Gasteiger charge is 2.20. The van der Waals surface area contributed by atoms with E-state index in [2.05, 4.69) is 62.5 Å². The van der Waals surface area contributed by atoms with Crippen molar-refractivity contribution in [3.8, 4) is 11.3 Å². The highest BCUT2D eigenvalue weighted by atomic mass is 15.3. The van der Waals surface area contributed by atoms with Crippen LogP contribution in [0.15, 0.2) is 49.1 Å². The number of imidazole rings is 1. The Morgan fingerprint density at radius 3 is 2.67 bits per heavy atom. The molecule has 0 atom stereocenters. The van der Waals surface area contributed by atoms with E-state index < -0.39 is 0 Å². The van der Waals surface area contributed by atoms with Crippen molar-refractivity contribution in [2.24, 2.45) is 0 Å². The standard InChI is InChI=1S/C22H29N5/c1-18-21(14-24-27(18)16-19-8-4-3-5-9-19)22-15-23-17-26(22)13-12-25(2)20-10-6-7-11-20/h3-5,8-9,14-15,17,20H,6-7,10-13,16H2,1-2H3. The van der Waals surface area contributed by atoms with Crippen LogP contribution in [0.3, 0.4) is 0 Å². The van der Waals surface area contributed by atoms with E-state index in [1.807, 2.05) is 24.8 Å². The Morgan fingerprint density at radius 2 is 1.89 bits per heavy atom. The molecule has 1 fully saturated rings. The van der Waals surface area contributed by atoms with E-state index in [0.29, 0.717) is 0 Å². The third-order valence-electron chi connectivity index (χ3n) is 5.91. The number of nitrogens with zero attached hydrogens (tertiary/aromatic N) is 5. The second-order valence-corrected chi connectivity index (χ2v) is 7.68. The van der Waals surface area contributed by atoms with Crippen LogP contribution in [0.25, 0.3) is 11.3 Å². The molecule has 1 saturated carbocycles. The molecule has 0 unspecified atom stereocenters. The minimum atomic E-state index is 0.757. The molecule has 4 rings (SSSR count). The van der Waals surface area contributed by atoms with Crippen LogP contribution in [0.2, 0.25) is 0 Å².